The van der Waals surface area contributed by atoms with Crippen molar-refractivity contribution in [2.45, 2.75) is 98.0 Å². The molecule has 4 N–H and O–H groups in total. The van der Waals surface area contributed by atoms with E-state index in [0.29, 0.717) is 51.4 Å². The second kappa shape index (κ2) is 8.06. The average Bonchev–Trinajstić information content (AvgIpc) is 3.23. The number of rotatable bonds is 4. The highest BCUT2D eigenvalue weighted by Crippen LogP contribution is 2.77. The van der Waals surface area contributed by atoms with Crippen molar-refractivity contribution in [2.24, 2.45) is 56.7 Å². The number of aliphatic hydroxyl groups excluding tert-OH is 1. The summed E-state index contributed by atoms with van der Waals surface area (Å²) in [5, 5.41) is 42.7. The number of fused-ring (bicyclic) bond motifs is 7. The van der Waals surface area contributed by atoms with Crippen LogP contribution in [0.25, 0.3) is 0 Å². The van der Waals surface area contributed by atoms with Gasteiger partial charge in [-0.2, -0.15) is 0 Å². The molecule has 5 aliphatic rings. The van der Waals surface area contributed by atoms with E-state index in [0.717, 1.165) is 18.4 Å². The van der Waals surface area contributed by atoms with Crippen LogP contribution < -0.4 is 0 Å². The topological polar surface area (TPSA) is 132 Å². The maximum absolute atomic E-state index is 13.6. The number of aliphatic hydroxyl groups is 1. The molecular weight excluding hydrogens is 472 g/mol. The van der Waals surface area contributed by atoms with E-state index in [1.807, 2.05) is 6.92 Å². The van der Waals surface area contributed by atoms with E-state index in [2.05, 4.69) is 20.4 Å². The minimum atomic E-state index is -1.26. The molecular formula is C30H44O7. The predicted molar refractivity (Wildman–Crippen MR) is 137 cm³/mol. The highest BCUT2D eigenvalue weighted by Gasteiger charge is 2.76. The molecule has 206 valence electrons. The Morgan fingerprint density at radius 3 is 2.00 bits per heavy atom. The molecule has 0 spiro atoms. The normalized spacial score (nSPS) is 52.7. The van der Waals surface area contributed by atoms with Crippen LogP contribution >= 0.6 is 0 Å². The number of hydrogen-bond acceptors (Lipinski definition) is 4. The Kier molecular flexibility index (Phi) is 5.82. The second-order valence-electron chi connectivity index (χ2n) is 14.1. The van der Waals surface area contributed by atoms with E-state index in [9.17, 15) is 34.8 Å². The van der Waals surface area contributed by atoms with Gasteiger partial charge in [0.2, 0.25) is 0 Å². The predicted octanol–water partition coefficient (Wildman–Crippen LogP) is 5.22. The van der Waals surface area contributed by atoms with Crippen LogP contribution in [0.1, 0.15) is 91.9 Å². The summed E-state index contributed by atoms with van der Waals surface area (Å²) >= 11 is 0. The fourth-order valence-electron chi connectivity index (χ4n) is 11.6. The van der Waals surface area contributed by atoms with Crippen molar-refractivity contribution in [3.05, 3.63) is 12.2 Å². The Hall–Kier alpha value is -1.89. The number of aliphatic carboxylic acids is 3. The largest absolute Gasteiger partial charge is 0.481 e. The molecule has 0 radical (unpaired) electrons. The molecule has 5 fully saturated rings. The molecule has 11 atom stereocenters. The quantitative estimate of drug-likeness (QED) is 0.377. The van der Waals surface area contributed by atoms with Crippen LogP contribution in [0.15, 0.2) is 12.2 Å². The van der Waals surface area contributed by atoms with Gasteiger partial charge in [0, 0.05) is 0 Å². The number of hydrogen-bond donors (Lipinski definition) is 4. The van der Waals surface area contributed by atoms with Crippen LogP contribution in [0.5, 0.6) is 0 Å². The number of carbonyl (C=O) groups is 3. The Labute approximate surface area is 219 Å². The molecule has 0 aliphatic heterocycles. The number of allylic oxidation sites excluding steroid dienone is 1. The Morgan fingerprint density at radius 1 is 0.757 bits per heavy atom. The van der Waals surface area contributed by atoms with Crippen LogP contribution in [0.3, 0.4) is 0 Å². The van der Waals surface area contributed by atoms with Crippen LogP contribution in [0.4, 0.5) is 0 Å². The summed E-state index contributed by atoms with van der Waals surface area (Å²) in [4.78, 5) is 38.9. The minimum absolute atomic E-state index is 0.000663. The van der Waals surface area contributed by atoms with Gasteiger partial charge in [0.25, 0.3) is 0 Å². The first-order valence-corrected chi connectivity index (χ1v) is 14.2. The summed E-state index contributed by atoms with van der Waals surface area (Å²) in [6.07, 6.45) is 4.75. The van der Waals surface area contributed by atoms with E-state index in [1.165, 1.54) is 0 Å². The average molecular weight is 517 g/mol. The van der Waals surface area contributed by atoms with Crippen molar-refractivity contribution >= 4 is 17.9 Å². The molecule has 0 aromatic heterocycles. The molecule has 0 unspecified atom stereocenters. The molecule has 0 bridgehead atoms. The van der Waals surface area contributed by atoms with E-state index >= 15 is 0 Å². The number of carboxylic acids is 3. The minimum Gasteiger partial charge on any atom is -0.481 e. The third-order valence-corrected chi connectivity index (χ3v) is 13.4. The van der Waals surface area contributed by atoms with Crippen LogP contribution in [0, 0.1) is 56.7 Å². The highest BCUT2D eigenvalue weighted by molar-refractivity contribution is 5.81. The highest BCUT2D eigenvalue weighted by atomic mass is 16.4. The molecule has 5 aliphatic carbocycles. The van der Waals surface area contributed by atoms with Gasteiger partial charge in [0.1, 0.15) is 0 Å². The monoisotopic (exact) mass is 516 g/mol. The molecule has 0 aromatic rings. The van der Waals surface area contributed by atoms with Gasteiger partial charge in [-0.15, -0.1) is 0 Å². The summed E-state index contributed by atoms with van der Waals surface area (Å²) in [6.45, 7) is 12.1. The van der Waals surface area contributed by atoms with Crippen LogP contribution in [0.2, 0.25) is 0 Å². The van der Waals surface area contributed by atoms with Gasteiger partial charge < -0.3 is 20.4 Å². The zero-order valence-corrected chi connectivity index (χ0v) is 22.8. The van der Waals surface area contributed by atoms with Crippen molar-refractivity contribution in [3.63, 3.8) is 0 Å². The van der Waals surface area contributed by atoms with Gasteiger partial charge >= 0.3 is 17.9 Å². The summed E-state index contributed by atoms with van der Waals surface area (Å²) in [6, 6.07) is 0. The molecule has 0 saturated heterocycles. The zero-order chi connectivity index (χ0) is 27.3. The zero-order valence-electron chi connectivity index (χ0n) is 22.8. The molecule has 5 saturated carbocycles. The van der Waals surface area contributed by atoms with Gasteiger partial charge in [-0.3, -0.25) is 14.4 Å². The lowest BCUT2D eigenvalue weighted by Crippen LogP contribution is -2.70. The molecule has 0 aromatic carbocycles. The van der Waals surface area contributed by atoms with Crippen molar-refractivity contribution in [3.8, 4) is 0 Å². The Bertz CT molecular complexity index is 1050. The first-order valence-electron chi connectivity index (χ1n) is 14.2. The van der Waals surface area contributed by atoms with Gasteiger partial charge in [-0.05, 0) is 118 Å². The molecule has 0 amide bonds. The van der Waals surface area contributed by atoms with Gasteiger partial charge in [-0.25, -0.2) is 0 Å². The SMILES string of the molecule is C=C(C)[C@@H]1CC[C@]2(C(=O)O)CC[C@]3(C(=O)O)[C@H](CC[C@@H]4[C@@]5(C)CC[C@H](O)[C@@](C)(C(=O)O)[C@@H]5CC[C@]43C)[C@@H]12. The van der Waals surface area contributed by atoms with Crippen molar-refractivity contribution in [2.75, 3.05) is 0 Å². The Morgan fingerprint density at radius 2 is 1.43 bits per heavy atom. The van der Waals surface area contributed by atoms with Crippen molar-refractivity contribution in [1.82, 2.24) is 0 Å². The smallest absolute Gasteiger partial charge is 0.312 e. The summed E-state index contributed by atoms with van der Waals surface area (Å²) in [7, 11) is 0. The molecule has 5 rings (SSSR count). The summed E-state index contributed by atoms with van der Waals surface area (Å²) in [5.41, 5.74) is -3.24. The van der Waals surface area contributed by atoms with Crippen LogP contribution in [-0.4, -0.2) is 44.4 Å². The fourth-order valence-corrected chi connectivity index (χ4v) is 11.6. The summed E-state index contributed by atoms with van der Waals surface area (Å²) in [5.74, 6) is -3.30. The van der Waals surface area contributed by atoms with E-state index in [1.54, 1.807) is 6.92 Å². The first kappa shape index (κ1) is 26.7. The van der Waals surface area contributed by atoms with Crippen molar-refractivity contribution in [1.29, 1.82) is 0 Å². The fraction of sp³-hybridized carbons (Fsp3) is 0.833. The van der Waals surface area contributed by atoms with E-state index < -0.39 is 51.1 Å². The molecule has 7 heteroatoms. The third-order valence-electron chi connectivity index (χ3n) is 13.4. The molecule has 7 nitrogen and oxygen atoms in total. The van der Waals surface area contributed by atoms with Gasteiger partial charge in [-0.1, -0.05) is 26.0 Å². The lowest BCUT2D eigenvalue weighted by Gasteiger charge is -2.71. The number of carboxylic acid groups (broad SMARTS) is 3. The first-order chi connectivity index (χ1) is 17.1. The second-order valence-corrected chi connectivity index (χ2v) is 14.1. The standard InChI is InChI=1S/C30H44O7/c1-16(2)17-8-13-29(24(34)35)14-15-30(25(36)37)18(22(17)29)6-7-19-26(3)11-10-21(31)28(5,23(32)33)20(26)9-12-27(19,30)4/h17-22,31H,1,6-15H2,2-5H3,(H,32,33)(H,34,35)(H,36,37)/t17-,18+,19+,20+,21-,22+,26+,27+,28-,29-,30+/m0/s1. The third kappa shape index (κ3) is 2.95. The maximum Gasteiger partial charge on any atom is 0.312 e. The van der Waals surface area contributed by atoms with Gasteiger partial charge in [0.05, 0.1) is 22.3 Å². The summed E-state index contributed by atoms with van der Waals surface area (Å²) < 4.78 is 0. The lowest BCUT2D eigenvalue weighted by atomic mass is 9.31. The van der Waals surface area contributed by atoms with Crippen LogP contribution in [-0.2, 0) is 14.4 Å². The van der Waals surface area contributed by atoms with E-state index in [4.69, 9.17) is 0 Å². The maximum atomic E-state index is 13.6. The van der Waals surface area contributed by atoms with Gasteiger partial charge in [0.15, 0.2) is 0 Å². The van der Waals surface area contributed by atoms with Crippen molar-refractivity contribution < 1.29 is 34.8 Å². The Balaban J connectivity index is 1.64. The lowest BCUT2D eigenvalue weighted by molar-refractivity contribution is -0.257. The van der Waals surface area contributed by atoms with E-state index in [-0.39, 0.29) is 29.6 Å². The molecule has 0 heterocycles. The molecule has 37 heavy (non-hydrogen) atoms.